The molecule has 0 radical (unpaired) electrons. The number of hydrogen-bond donors (Lipinski definition) is 2. The second kappa shape index (κ2) is 5.95. The summed E-state index contributed by atoms with van der Waals surface area (Å²) in [5, 5.41) is 9.57. The summed E-state index contributed by atoms with van der Waals surface area (Å²) in [5.41, 5.74) is -1.12. The van der Waals surface area contributed by atoms with Gasteiger partial charge in [0.25, 0.3) is 0 Å². The van der Waals surface area contributed by atoms with Gasteiger partial charge < -0.3 is 15.2 Å². The van der Waals surface area contributed by atoms with Crippen molar-refractivity contribution in [1.29, 1.82) is 0 Å². The number of rotatable bonds is 4. The number of amides is 1. The first-order valence-corrected chi connectivity index (χ1v) is 5.66. The van der Waals surface area contributed by atoms with Crippen LogP contribution in [-0.4, -0.2) is 36.2 Å². The molecule has 1 amide bonds. The highest BCUT2D eigenvalue weighted by Gasteiger charge is 2.63. The van der Waals surface area contributed by atoms with E-state index >= 15 is 0 Å². The molecule has 122 valence electrons. The number of alkyl halides is 5. The Morgan fingerprint density at radius 1 is 1.23 bits per heavy atom. The zero-order valence-corrected chi connectivity index (χ0v) is 11.4. The van der Waals surface area contributed by atoms with Crippen molar-refractivity contribution in [2.24, 2.45) is 0 Å². The van der Waals surface area contributed by atoms with Crippen LogP contribution in [0.5, 0.6) is 5.75 Å². The highest BCUT2D eigenvalue weighted by molar-refractivity contribution is 6.34. The fraction of sp³-hybridized carbons (Fsp3) is 0.273. The normalized spacial score (nSPS) is 12.0. The first-order valence-electron chi connectivity index (χ1n) is 5.28. The predicted molar refractivity (Wildman–Crippen MR) is 64.6 cm³/mol. The number of carboxylic acids is 1. The van der Waals surface area contributed by atoms with Crippen molar-refractivity contribution < 1.29 is 41.4 Å². The summed E-state index contributed by atoms with van der Waals surface area (Å²) >= 11 is 5.55. The molecule has 1 aromatic carbocycles. The lowest BCUT2D eigenvalue weighted by Crippen LogP contribution is -2.47. The molecular weight excluding hydrogens is 341 g/mol. The molecule has 1 aromatic rings. The van der Waals surface area contributed by atoms with E-state index in [2.05, 4.69) is 4.74 Å². The molecule has 0 bridgehead atoms. The van der Waals surface area contributed by atoms with Crippen LogP contribution in [0, 0.1) is 0 Å². The van der Waals surface area contributed by atoms with Crippen molar-refractivity contribution in [3.05, 3.63) is 22.7 Å². The van der Waals surface area contributed by atoms with E-state index in [9.17, 15) is 31.5 Å². The number of aromatic carboxylic acids is 1. The van der Waals surface area contributed by atoms with Crippen LogP contribution in [0.3, 0.4) is 0 Å². The molecule has 2 N–H and O–H groups in total. The van der Waals surface area contributed by atoms with E-state index in [0.717, 1.165) is 19.2 Å². The average Bonchev–Trinajstić information content (AvgIpc) is 2.38. The van der Waals surface area contributed by atoms with Gasteiger partial charge in [-0.05, 0) is 6.07 Å². The monoisotopic (exact) mass is 347 g/mol. The number of methoxy groups -OCH3 is 1. The number of halogens is 6. The number of carbonyl (C=O) groups excluding carboxylic acids is 1. The first-order chi connectivity index (χ1) is 9.91. The van der Waals surface area contributed by atoms with Crippen molar-refractivity contribution >= 4 is 29.2 Å². The number of benzene rings is 1. The van der Waals surface area contributed by atoms with E-state index < -0.39 is 40.2 Å². The Morgan fingerprint density at radius 3 is 2.18 bits per heavy atom. The molecule has 0 aromatic heterocycles. The number of carboxylic acid groups (broad SMARTS) is 1. The third-order valence-corrected chi connectivity index (χ3v) is 2.72. The third kappa shape index (κ3) is 3.38. The summed E-state index contributed by atoms with van der Waals surface area (Å²) in [6.07, 6.45) is -6.09. The number of anilines is 1. The summed E-state index contributed by atoms with van der Waals surface area (Å²) in [5.74, 6) is -10.2. The van der Waals surface area contributed by atoms with Crippen LogP contribution in [0.25, 0.3) is 0 Å². The largest absolute Gasteiger partial charge is 0.496 e. The summed E-state index contributed by atoms with van der Waals surface area (Å²) in [6.45, 7) is 0. The summed E-state index contributed by atoms with van der Waals surface area (Å²) in [6, 6.07) is 1.46. The highest BCUT2D eigenvalue weighted by atomic mass is 35.5. The van der Waals surface area contributed by atoms with Crippen molar-refractivity contribution in [1.82, 2.24) is 0 Å². The van der Waals surface area contributed by atoms with Crippen molar-refractivity contribution in [3.8, 4) is 5.75 Å². The van der Waals surface area contributed by atoms with Gasteiger partial charge in [0, 0.05) is 6.07 Å². The van der Waals surface area contributed by atoms with Crippen LogP contribution >= 0.6 is 11.6 Å². The Balaban J connectivity index is 3.20. The minimum Gasteiger partial charge on any atom is -0.496 e. The zero-order valence-electron chi connectivity index (χ0n) is 10.6. The Kier molecular flexibility index (Phi) is 4.86. The van der Waals surface area contributed by atoms with Crippen molar-refractivity contribution in [2.45, 2.75) is 12.1 Å². The van der Waals surface area contributed by atoms with Gasteiger partial charge >= 0.3 is 24.0 Å². The number of hydrogen-bond acceptors (Lipinski definition) is 3. The van der Waals surface area contributed by atoms with Gasteiger partial charge in [-0.2, -0.15) is 22.0 Å². The molecule has 0 heterocycles. The van der Waals surface area contributed by atoms with Gasteiger partial charge in [-0.1, -0.05) is 11.6 Å². The zero-order chi connectivity index (χ0) is 17.3. The maximum absolute atomic E-state index is 12.8. The molecule has 0 saturated carbocycles. The minimum atomic E-state index is -6.09. The van der Waals surface area contributed by atoms with Crippen LogP contribution < -0.4 is 10.1 Å². The van der Waals surface area contributed by atoms with Crippen LogP contribution in [0.2, 0.25) is 5.02 Å². The molecule has 22 heavy (non-hydrogen) atoms. The van der Waals surface area contributed by atoms with Crippen LogP contribution in [0.15, 0.2) is 12.1 Å². The Labute approximate surface area is 124 Å². The second-order valence-electron chi connectivity index (χ2n) is 3.86. The van der Waals surface area contributed by atoms with Crippen LogP contribution in [-0.2, 0) is 4.79 Å². The van der Waals surface area contributed by atoms with Gasteiger partial charge in [-0.15, -0.1) is 0 Å². The smallest absolute Gasteiger partial charge is 0.463 e. The Hall–Kier alpha value is -2.10. The second-order valence-corrected chi connectivity index (χ2v) is 4.27. The van der Waals surface area contributed by atoms with Gasteiger partial charge in [0.2, 0.25) is 0 Å². The first kappa shape index (κ1) is 18.0. The average molecular weight is 348 g/mol. The van der Waals surface area contributed by atoms with Gasteiger partial charge in [-0.3, -0.25) is 4.79 Å². The van der Waals surface area contributed by atoms with Crippen molar-refractivity contribution in [3.63, 3.8) is 0 Å². The summed E-state index contributed by atoms with van der Waals surface area (Å²) in [4.78, 5) is 21.9. The quantitative estimate of drug-likeness (QED) is 0.820. The number of ether oxygens (including phenoxy) is 1. The van der Waals surface area contributed by atoms with Gasteiger partial charge in [-0.25, -0.2) is 4.79 Å². The standard InChI is InChI=1S/C11H7ClF5NO4/c1-22-7-3-6(5(12)2-4(7)8(19)20)18-9(21)10(13,14)11(15,16)17/h2-3H,1H3,(H,18,21)(H,19,20). The summed E-state index contributed by atoms with van der Waals surface area (Å²) < 4.78 is 66.5. The molecule has 0 fully saturated rings. The Bertz CT molecular complexity index is 617. The maximum Gasteiger partial charge on any atom is 0.463 e. The van der Waals surface area contributed by atoms with E-state index in [-0.39, 0.29) is 5.75 Å². The molecule has 0 aliphatic heterocycles. The molecule has 0 aliphatic carbocycles. The third-order valence-electron chi connectivity index (χ3n) is 2.41. The van der Waals surface area contributed by atoms with Gasteiger partial charge in [0.15, 0.2) is 0 Å². The van der Waals surface area contributed by atoms with Gasteiger partial charge in [0.05, 0.1) is 17.8 Å². The van der Waals surface area contributed by atoms with Crippen LogP contribution in [0.4, 0.5) is 27.6 Å². The lowest BCUT2D eigenvalue weighted by molar-refractivity contribution is -0.267. The van der Waals surface area contributed by atoms with E-state index in [4.69, 9.17) is 16.7 Å². The predicted octanol–water partition coefficient (Wildman–Crippen LogP) is 3.18. The fourth-order valence-electron chi connectivity index (χ4n) is 1.31. The molecule has 0 saturated heterocycles. The summed E-state index contributed by atoms with van der Waals surface area (Å²) in [7, 11) is 1.03. The van der Waals surface area contributed by atoms with Crippen molar-refractivity contribution in [2.75, 3.05) is 12.4 Å². The Morgan fingerprint density at radius 2 is 1.77 bits per heavy atom. The molecule has 0 aliphatic rings. The van der Waals surface area contributed by atoms with Gasteiger partial charge in [0.1, 0.15) is 11.3 Å². The number of carbonyl (C=O) groups is 2. The SMILES string of the molecule is COc1cc(NC(=O)C(F)(F)C(F)(F)F)c(Cl)cc1C(=O)O. The van der Waals surface area contributed by atoms with Crippen LogP contribution in [0.1, 0.15) is 10.4 Å². The topological polar surface area (TPSA) is 75.6 Å². The van der Waals surface area contributed by atoms with E-state index in [1.54, 1.807) is 0 Å². The molecule has 5 nitrogen and oxygen atoms in total. The molecule has 11 heteroatoms. The molecule has 0 spiro atoms. The highest BCUT2D eigenvalue weighted by Crippen LogP contribution is 2.38. The number of nitrogens with one attached hydrogen (secondary N) is 1. The minimum absolute atomic E-state index is 0.387. The lowest BCUT2D eigenvalue weighted by Gasteiger charge is -2.19. The molecule has 1 rings (SSSR count). The maximum atomic E-state index is 12.8. The lowest BCUT2D eigenvalue weighted by atomic mass is 10.1. The molecule has 0 unspecified atom stereocenters. The van der Waals surface area contributed by atoms with E-state index in [0.29, 0.717) is 0 Å². The molecule has 0 atom stereocenters. The van der Waals surface area contributed by atoms with E-state index in [1.165, 1.54) is 5.32 Å². The molecular formula is C11H7ClF5NO4. The van der Waals surface area contributed by atoms with E-state index in [1.807, 2.05) is 0 Å². The fourth-order valence-corrected chi connectivity index (χ4v) is 1.53.